The van der Waals surface area contributed by atoms with E-state index in [1.165, 1.54) is 0 Å². The van der Waals surface area contributed by atoms with E-state index in [4.69, 9.17) is 18.0 Å². The highest BCUT2D eigenvalue weighted by atomic mass is 32.2. The van der Waals surface area contributed by atoms with E-state index in [2.05, 4.69) is 9.44 Å². The Morgan fingerprint density at radius 3 is 2.50 bits per heavy atom. The first-order chi connectivity index (χ1) is 8.46. The van der Waals surface area contributed by atoms with Crippen molar-refractivity contribution < 1.29 is 8.42 Å². The Morgan fingerprint density at radius 1 is 1.39 bits per heavy atom. The third-order valence-corrected chi connectivity index (χ3v) is 3.60. The number of hydrogen-bond donors (Lipinski definition) is 3. The Hall–Kier alpha value is -1.02. The molecule has 18 heavy (non-hydrogen) atoms. The SMILES string of the molecule is CCCNS(=O)(=O)NC(C(N)=S)c1ccccc1. The zero-order valence-corrected chi connectivity index (χ0v) is 11.7. The zero-order valence-electron chi connectivity index (χ0n) is 10.1. The normalized spacial score (nSPS) is 13.2. The van der Waals surface area contributed by atoms with Gasteiger partial charge in [0.25, 0.3) is 10.2 Å². The molecule has 0 aromatic heterocycles. The van der Waals surface area contributed by atoms with Gasteiger partial charge in [0, 0.05) is 6.54 Å². The van der Waals surface area contributed by atoms with Gasteiger partial charge < -0.3 is 5.73 Å². The van der Waals surface area contributed by atoms with Crippen molar-refractivity contribution in [2.45, 2.75) is 19.4 Å². The van der Waals surface area contributed by atoms with Crippen LogP contribution in [0.4, 0.5) is 0 Å². The van der Waals surface area contributed by atoms with E-state index in [0.717, 1.165) is 0 Å². The molecule has 0 bridgehead atoms. The minimum Gasteiger partial charge on any atom is -0.392 e. The van der Waals surface area contributed by atoms with Crippen LogP contribution in [0, 0.1) is 0 Å². The van der Waals surface area contributed by atoms with E-state index in [-0.39, 0.29) is 4.99 Å². The van der Waals surface area contributed by atoms with Crippen molar-refractivity contribution in [2.75, 3.05) is 6.54 Å². The van der Waals surface area contributed by atoms with Crippen molar-refractivity contribution in [3.05, 3.63) is 35.9 Å². The second kappa shape index (κ2) is 6.79. The lowest BCUT2D eigenvalue weighted by atomic mass is 10.1. The van der Waals surface area contributed by atoms with E-state index < -0.39 is 16.3 Å². The summed E-state index contributed by atoms with van der Waals surface area (Å²) in [5, 5.41) is 0. The van der Waals surface area contributed by atoms with Gasteiger partial charge in [-0.3, -0.25) is 0 Å². The van der Waals surface area contributed by atoms with Crippen LogP contribution in [0.25, 0.3) is 0 Å². The first kappa shape index (κ1) is 15.0. The molecule has 0 aliphatic rings. The summed E-state index contributed by atoms with van der Waals surface area (Å²) in [6.07, 6.45) is 0.712. The molecular weight excluding hydrogens is 270 g/mol. The molecule has 0 saturated heterocycles. The lowest BCUT2D eigenvalue weighted by molar-refractivity contribution is 0.561. The van der Waals surface area contributed by atoms with Crippen LogP contribution < -0.4 is 15.2 Å². The molecular formula is C11H17N3O2S2. The number of nitrogens with one attached hydrogen (secondary N) is 2. The highest BCUT2D eigenvalue weighted by molar-refractivity contribution is 7.87. The smallest absolute Gasteiger partial charge is 0.277 e. The van der Waals surface area contributed by atoms with Crippen LogP contribution in [0.2, 0.25) is 0 Å². The summed E-state index contributed by atoms with van der Waals surface area (Å²) < 4.78 is 28.3. The number of thiocarbonyl (C=S) groups is 1. The Labute approximate surface area is 113 Å². The molecule has 0 aliphatic heterocycles. The van der Waals surface area contributed by atoms with Gasteiger partial charge in [-0.1, -0.05) is 49.5 Å². The topological polar surface area (TPSA) is 84.2 Å². The zero-order chi connectivity index (χ0) is 13.6. The fourth-order valence-corrected chi connectivity index (χ4v) is 2.77. The molecule has 0 fully saturated rings. The Morgan fingerprint density at radius 2 is 2.00 bits per heavy atom. The predicted octanol–water partition coefficient (Wildman–Crippen LogP) is 0.848. The molecule has 4 N–H and O–H groups in total. The maximum absolute atomic E-state index is 11.7. The largest absolute Gasteiger partial charge is 0.392 e. The van der Waals surface area contributed by atoms with Gasteiger partial charge in [0.15, 0.2) is 0 Å². The van der Waals surface area contributed by atoms with Crippen molar-refractivity contribution in [1.82, 2.24) is 9.44 Å². The van der Waals surface area contributed by atoms with Gasteiger partial charge in [-0.05, 0) is 12.0 Å². The summed E-state index contributed by atoms with van der Waals surface area (Å²) >= 11 is 4.90. The highest BCUT2D eigenvalue weighted by Crippen LogP contribution is 2.13. The molecule has 100 valence electrons. The molecule has 1 unspecified atom stereocenters. The fraction of sp³-hybridized carbons (Fsp3) is 0.364. The Kier molecular flexibility index (Phi) is 5.67. The molecule has 0 amide bonds. The summed E-state index contributed by atoms with van der Waals surface area (Å²) in [5.74, 6) is 0. The van der Waals surface area contributed by atoms with Crippen molar-refractivity contribution in [3.8, 4) is 0 Å². The lowest BCUT2D eigenvalue weighted by Crippen LogP contribution is -2.43. The van der Waals surface area contributed by atoms with E-state index in [9.17, 15) is 8.42 Å². The van der Waals surface area contributed by atoms with Gasteiger partial charge in [-0.15, -0.1) is 0 Å². The first-order valence-corrected chi connectivity index (χ1v) is 7.46. The number of rotatable bonds is 7. The minimum absolute atomic E-state index is 0.0862. The number of nitrogens with two attached hydrogens (primary N) is 1. The third-order valence-electron chi connectivity index (χ3n) is 2.23. The van der Waals surface area contributed by atoms with Gasteiger partial charge in [0.05, 0.1) is 11.0 Å². The number of benzene rings is 1. The summed E-state index contributed by atoms with van der Waals surface area (Å²) in [5.41, 5.74) is 6.30. The van der Waals surface area contributed by atoms with Crippen molar-refractivity contribution in [2.24, 2.45) is 5.73 Å². The van der Waals surface area contributed by atoms with Crippen LogP contribution in [0.3, 0.4) is 0 Å². The highest BCUT2D eigenvalue weighted by Gasteiger charge is 2.20. The molecule has 1 atom stereocenters. The second-order valence-electron chi connectivity index (χ2n) is 3.76. The number of hydrogen-bond acceptors (Lipinski definition) is 3. The van der Waals surface area contributed by atoms with Gasteiger partial charge in [-0.25, -0.2) is 4.72 Å². The van der Waals surface area contributed by atoms with Gasteiger partial charge in [0.1, 0.15) is 0 Å². The monoisotopic (exact) mass is 287 g/mol. The maximum atomic E-state index is 11.7. The molecule has 1 rings (SSSR count). The summed E-state index contributed by atoms with van der Waals surface area (Å²) in [4.78, 5) is 0.0862. The van der Waals surface area contributed by atoms with Crippen LogP contribution in [0.1, 0.15) is 24.9 Å². The van der Waals surface area contributed by atoms with Gasteiger partial charge >= 0.3 is 0 Å². The Bertz CT molecular complexity index is 488. The van der Waals surface area contributed by atoms with Crippen LogP contribution in [-0.4, -0.2) is 20.0 Å². The van der Waals surface area contributed by atoms with E-state index in [0.29, 0.717) is 18.5 Å². The molecule has 0 aliphatic carbocycles. The first-order valence-electron chi connectivity index (χ1n) is 5.57. The average molecular weight is 287 g/mol. The molecule has 1 aromatic carbocycles. The van der Waals surface area contributed by atoms with Gasteiger partial charge in [0.2, 0.25) is 0 Å². The van der Waals surface area contributed by atoms with Crippen molar-refractivity contribution in [3.63, 3.8) is 0 Å². The summed E-state index contributed by atoms with van der Waals surface area (Å²) in [6.45, 7) is 2.25. The fourth-order valence-electron chi connectivity index (χ4n) is 1.37. The summed E-state index contributed by atoms with van der Waals surface area (Å²) in [6, 6.07) is 8.28. The van der Waals surface area contributed by atoms with Crippen LogP contribution in [0.15, 0.2) is 30.3 Å². The molecule has 0 saturated carbocycles. The van der Waals surface area contributed by atoms with E-state index in [1.54, 1.807) is 24.3 Å². The maximum Gasteiger partial charge on any atom is 0.277 e. The van der Waals surface area contributed by atoms with Gasteiger partial charge in [-0.2, -0.15) is 13.1 Å². The molecule has 0 radical (unpaired) electrons. The van der Waals surface area contributed by atoms with Crippen molar-refractivity contribution >= 4 is 27.4 Å². The average Bonchev–Trinajstić information content (AvgIpc) is 2.34. The molecule has 1 aromatic rings. The van der Waals surface area contributed by atoms with E-state index >= 15 is 0 Å². The Balaban J connectivity index is 2.86. The minimum atomic E-state index is -3.60. The van der Waals surface area contributed by atoms with Crippen molar-refractivity contribution in [1.29, 1.82) is 0 Å². The van der Waals surface area contributed by atoms with E-state index in [1.807, 2.05) is 13.0 Å². The lowest BCUT2D eigenvalue weighted by Gasteiger charge is -2.18. The molecule has 0 heterocycles. The molecule has 5 nitrogen and oxygen atoms in total. The van der Waals surface area contributed by atoms with Crippen LogP contribution in [-0.2, 0) is 10.2 Å². The van der Waals surface area contributed by atoms with Crippen LogP contribution in [0.5, 0.6) is 0 Å². The standard InChI is InChI=1S/C11H17N3O2S2/c1-2-8-13-18(15,16)14-10(11(12)17)9-6-4-3-5-7-9/h3-7,10,13-14H,2,8H2,1H3,(H2,12,17). The second-order valence-corrected chi connectivity index (χ2v) is 5.76. The summed E-state index contributed by atoms with van der Waals surface area (Å²) in [7, 11) is -3.60. The predicted molar refractivity (Wildman–Crippen MR) is 76.3 cm³/mol. The van der Waals surface area contributed by atoms with Crippen LogP contribution >= 0.6 is 12.2 Å². The quantitative estimate of drug-likeness (QED) is 0.649. The third kappa shape index (κ3) is 4.69. The molecule has 7 heteroatoms. The molecule has 0 spiro atoms.